The summed E-state index contributed by atoms with van der Waals surface area (Å²) in [6, 6.07) is 0. The van der Waals surface area contributed by atoms with Gasteiger partial charge < -0.3 is 5.73 Å². The highest BCUT2D eigenvalue weighted by molar-refractivity contribution is 4.98. The van der Waals surface area contributed by atoms with Crippen LogP contribution in [0.1, 0.15) is 34.6 Å². The number of hydrogen-bond acceptors (Lipinski definition) is 1. The van der Waals surface area contributed by atoms with E-state index in [1.807, 2.05) is 0 Å². The summed E-state index contributed by atoms with van der Waals surface area (Å²) in [6.07, 6.45) is 3.78. The number of rotatable bonds is 3. The van der Waals surface area contributed by atoms with Crippen molar-refractivity contribution in [2.45, 2.75) is 34.6 Å². The molecule has 0 saturated heterocycles. The van der Waals surface area contributed by atoms with Crippen LogP contribution in [0, 0.1) is 17.3 Å². The number of allylic oxidation sites excluding steroid dienone is 1. The first-order chi connectivity index (χ1) is 4.95. The SMILES string of the molecule is CC(C)C(C)(/C=C/N)C(C)C. The normalized spacial score (nSPS) is 13.7. The van der Waals surface area contributed by atoms with Gasteiger partial charge in [-0.15, -0.1) is 0 Å². The lowest BCUT2D eigenvalue weighted by atomic mass is 9.71. The molecule has 0 atom stereocenters. The Morgan fingerprint density at radius 2 is 1.45 bits per heavy atom. The molecule has 66 valence electrons. The summed E-state index contributed by atoms with van der Waals surface area (Å²) in [5, 5.41) is 0. The van der Waals surface area contributed by atoms with E-state index in [2.05, 4.69) is 40.7 Å². The van der Waals surface area contributed by atoms with Gasteiger partial charge in [0.2, 0.25) is 0 Å². The first-order valence-corrected chi connectivity index (χ1v) is 4.34. The third-order valence-corrected chi connectivity index (χ3v) is 2.94. The molecule has 1 nitrogen and oxygen atoms in total. The zero-order valence-corrected chi connectivity index (χ0v) is 8.39. The Morgan fingerprint density at radius 3 is 1.55 bits per heavy atom. The molecule has 0 aliphatic heterocycles. The zero-order valence-electron chi connectivity index (χ0n) is 8.39. The van der Waals surface area contributed by atoms with Crippen LogP contribution in [-0.2, 0) is 0 Å². The summed E-state index contributed by atoms with van der Waals surface area (Å²) < 4.78 is 0. The van der Waals surface area contributed by atoms with Gasteiger partial charge in [-0.05, 0) is 23.5 Å². The van der Waals surface area contributed by atoms with E-state index in [1.54, 1.807) is 6.20 Å². The van der Waals surface area contributed by atoms with Crippen LogP contribution >= 0.6 is 0 Å². The summed E-state index contributed by atoms with van der Waals surface area (Å²) in [4.78, 5) is 0. The highest BCUT2D eigenvalue weighted by atomic mass is 14.5. The van der Waals surface area contributed by atoms with Gasteiger partial charge in [-0.25, -0.2) is 0 Å². The molecule has 2 N–H and O–H groups in total. The maximum Gasteiger partial charge on any atom is -0.00834 e. The van der Waals surface area contributed by atoms with Crippen molar-refractivity contribution < 1.29 is 0 Å². The van der Waals surface area contributed by atoms with E-state index in [0.717, 1.165) is 0 Å². The highest BCUT2D eigenvalue weighted by Crippen LogP contribution is 2.36. The standard InChI is InChI=1S/C10H21N/c1-8(2)10(5,6-7-11)9(3)4/h6-9H,11H2,1-5H3/b7-6+. The van der Waals surface area contributed by atoms with Crippen LogP contribution in [0.3, 0.4) is 0 Å². The van der Waals surface area contributed by atoms with E-state index < -0.39 is 0 Å². The van der Waals surface area contributed by atoms with Crippen LogP contribution in [0.25, 0.3) is 0 Å². The van der Waals surface area contributed by atoms with E-state index in [0.29, 0.717) is 11.8 Å². The topological polar surface area (TPSA) is 26.0 Å². The molecular weight excluding hydrogens is 134 g/mol. The maximum atomic E-state index is 5.41. The summed E-state index contributed by atoms with van der Waals surface area (Å²) in [6.45, 7) is 11.2. The summed E-state index contributed by atoms with van der Waals surface area (Å²) in [5.74, 6) is 1.28. The summed E-state index contributed by atoms with van der Waals surface area (Å²) >= 11 is 0. The van der Waals surface area contributed by atoms with Crippen LogP contribution in [0.2, 0.25) is 0 Å². The average molecular weight is 155 g/mol. The molecular formula is C10H21N. The molecule has 0 bridgehead atoms. The van der Waals surface area contributed by atoms with Gasteiger partial charge in [0.05, 0.1) is 0 Å². The second-order valence-electron chi connectivity index (χ2n) is 4.03. The first kappa shape index (κ1) is 10.5. The first-order valence-electron chi connectivity index (χ1n) is 4.34. The Bertz CT molecular complexity index is 126. The van der Waals surface area contributed by atoms with E-state index in [4.69, 9.17) is 5.73 Å². The molecule has 0 heterocycles. The van der Waals surface area contributed by atoms with Gasteiger partial charge in [0.1, 0.15) is 0 Å². The number of nitrogens with two attached hydrogens (primary N) is 1. The van der Waals surface area contributed by atoms with Crippen molar-refractivity contribution in [1.29, 1.82) is 0 Å². The quantitative estimate of drug-likeness (QED) is 0.666. The Hall–Kier alpha value is -0.460. The predicted octanol–water partition coefficient (Wildman–Crippen LogP) is 2.78. The van der Waals surface area contributed by atoms with Gasteiger partial charge in [0, 0.05) is 0 Å². The van der Waals surface area contributed by atoms with Crippen molar-refractivity contribution in [3.8, 4) is 0 Å². The van der Waals surface area contributed by atoms with E-state index in [-0.39, 0.29) is 5.41 Å². The van der Waals surface area contributed by atoms with Crippen molar-refractivity contribution in [3.63, 3.8) is 0 Å². The van der Waals surface area contributed by atoms with Gasteiger partial charge in [-0.3, -0.25) is 0 Å². The Balaban J connectivity index is 4.52. The average Bonchev–Trinajstić information content (AvgIpc) is 1.87. The fraction of sp³-hybridized carbons (Fsp3) is 0.800. The van der Waals surface area contributed by atoms with Crippen LogP contribution in [-0.4, -0.2) is 0 Å². The molecule has 0 aromatic heterocycles. The van der Waals surface area contributed by atoms with Crippen molar-refractivity contribution >= 4 is 0 Å². The van der Waals surface area contributed by atoms with Gasteiger partial charge in [-0.2, -0.15) is 0 Å². The third kappa shape index (κ3) is 2.25. The fourth-order valence-electron chi connectivity index (χ4n) is 1.26. The molecule has 1 heteroatoms. The lowest BCUT2D eigenvalue weighted by Gasteiger charge is -2.34. The molecule has 0 aromatic carbocycles. The number of hydrogen-bond donors (Lipinski definition) is 1. The fourth-order valence-corrected chi connectivity index (χ4v) is 1.26. The minimum atomic E-state index is 0.245. The van der Waals surface area contributed by atoms with Crippen LogP contribution < -0.4 is 5.73 Å². The monoisotopic (exact) mass is 155 g/mol. The lowest BCUT2D eigenvalue weighted by Crippen LogP contribution is -2.27. The van der Waals surface area contributed by atoms with Crippen molar-refractivity contribution in [3.05, 3.63) is 12.3 Å². The van der Waals surface area contributed by atoms with E-state index in [1.165, 1.54) is 0 Å². The minimum absolute atomic E-state index is 0.245. The Kier molecular flexibility index (Phi) is 3.64. The molecule has 0 spiro atoms. The molecule has 0 aliphatic carbocycles. The zero-order chi connectivity index (χ0) is 9.07. The van der Waals surface area contributed by atoms with E-state index in [9.17, 15) is 0 Å². The minimum Gasteiger partial charge on any atom is -0.405 e. The van der Waals surface area contributed by atoms with Crippen LogP contribution in [0.5, 0.6) is 0 Å². The van der Waals surface area contributed by atoms with Gasteiger partial charge in [-0.1, -0.05) is 40.7 Å². The van der Waals surface area contributed by atoms with Crippen molar-refractivity contribution in [2.24, 2.45) is 23.0 Å². The van der Waals surface area contributed by atoms with Gasteiger partial charge in [0.25, 0.3) is 0 Å². The van der Waals surface area contributed by atoms with Crippen LogP contribution in [0.15, 0.2) is 12.3 Å². The Morgan fingerprint density at radius 1 is 1.09 bits per heavy atom. The highest BCUT2D eigenvalue weighted by Gasteiger charge is 2.28. The summed E-state index contributed by atoms with van der Waals surface area (Å²) in [5.41, 5.74) is 5.65. The molecule has 0 aromatic rings. The molecule has 0 fully saturated rings. The molecule has 0 rings (SSSR count). The molecule has 0 amide bonds. The second kappa shape index (κ2) is 3.80. The second-order valence-corrected chi connectivity index (χ2v) is 4.03. The smallest absolute Gasteiger partial charge is 0.00834 e. The summed E-state index contributed by atoms with van der Waals surface area (Å²) in [7, 11) is 0. The van der Waals surface area contributed by atoms with Gasteiger partial charge in [0.15, 0.2) is 0 Å². The van der Waals surface area contributed by atoms with Gasteiger partial charge >= 0.3 is 0 Å². The molecule has 0 saturated carbocycles. The maximum absolute atomic E-state index is 5.41. The molecule has 11 heavy (non-hydrogen) atoms. The van der Waals surface area contributed by atoms with Crippen molar-refractivity contribution in [1.82, 2.24) is 0 Å². The van der Waals surface area contributed by atoms with Crippen molar-refractivity contribution in [2.75, 3.05) is 0 Å². The Labute approximate surface area is 70.7 Å². The predicted molar refractivity (Wildman–Crippen MR) is 51.1 cm³/mol. The third-order valence-electron chi connectivity index (χ3n) is 2.94. The largest absolute Gasteiger partial charge is 0.405 e. The molecule has 0 radical (unpaired) electrons. The van der Waals surface area contributed by atoms with Crippen LogP contribution in [0.4, 0.5) is 0 Å². The van der Waals surface area contributed by atoms with E-state index >= 15 is 0 Å². The lowest BCUT2D eigenvalue weighted by molar-refractivity contribution is 0.206. The molecule has 0 aliphatic rings. The molecule has 0 unspecified atom stereocenters.